The first-order valence-electron chi connectivity index (χ1n) is 14.4. The maximum atomic E-state index is 5.23. The fourth-order valence-electron chi connectivity index (χ4n) is 6.09. The second kappa shape index (κ2) is 9.68. The highest BCUT2D eigenvalue weighted by molar-refractivity contribution is 6.13. The number of pyridine rings is 5. The molecular formula is C37H23N7. The molecule has 0 spiro atoms. The lowest BCUT2D eigenvalue weighted by molar-refractivity contribution is 1.07. The summed E-state index contributed by atoms with van der Waals surface area (Å²) in [7, 11) is 0. The van der Waals surface area contributed by atoms with Crippen molar-refractivity contribution < 1.29 is 0 Å². The smallest absolute Gasteiger partial charge is 0.137 e. The van der Waals surface area contributed by atoms with Gasteiger partial charge in [-0.15, -0.1) is 0 Å². The maximum absolute atomic E-state index is 5.23. The summed E-state index contributed by atoms with van der Waals surface area (Å²) in [4.78, 5) is 24.6. The third kappa shape index (κ3) is 3.73. The van der Waals surface area contributed by atoms with Gasteiger partial charge >= 0.3 is 0 Å². The highest BCUT2D eigenvalue weighted by Crippen LogP contribution is 2.36. The molecule has 2 aromatic carbocycles. The van der Waals surface area contributed by atoms with Crippen LogP contribution in [0.1, 0.15) is 0 Å². The van der Waals surface area contributed by atoms with E-state index in [2.05, 4.69) is 75.9 Å². The Hall–Kier alpha value is -6.21. The van der Waals surface area contributed by atoms with Crippen molar-refractivity contribution in [2.24, 2.45) is 0 Å². The van der Waals surface area contributed by atoms with E-state index in [1.165, 1.54) is 0 Å². The van der Waals surface area contributed by atoms with Gasteiger partial charge in [0, 0.05) is 35.9 Å². The van der Waals surface area contributed by atoms with Crippen molar-refractivity contribution in [2.75, 3.05) is 0 Å². The predicted octanol–water partition coefficient (Wildman–Crippen LogP) is 8.19. The van der Waals surface area contributed by atoms with Gasteiger partial charge in [0.05, 0.1) is 22.1 Å². The zero-order valence-corrected chi connectivity index (χ0v) is 23.4. The van der Waals surface area contributed by atoms with Crippen molar-refractivity contribution in [3.8, 4) is 33.9 Å². The topological polar surface area (TPSA) is 74.3 Å². The molecule has 0 aliphatic carbocycles. The summed E-state index contributed by atoms with van der Waals surface area (Å²) in [6, 6.07) is 39.1. The van der Waals surface area contributed by atoms with Crippen LogP contribution in [0.15, 0.2) is 140 Å². The molecule has 9 rings (SSSR count). The summed E-state index contributed by atoms with van der Waals surface area (Å²) >= 11 is 0. The minimum absolute atomic E-state index is 0.796. The van der Waals surface area contributed by atoms with Gasteiger partial charge < -0.3 is 0 Å². The molecule has 7 nitrogen and oxygen atoms in total. The van der Waals surface area contributed by atoms with E-state index in [1.807, 2.05) is 73.3 Å². The lowest BCUT2D eigenvalue weighted by Crippen LogP contribution is -1.99. The third-order valence-corrected chi connectivity index (χ3v) is 8.14. The average Bonchev–Trinajstić information content (AvgIpc) is 3.60. The van der Waals surface area contributed by atoms with Crippen LogP contribution in [0.3, 0.4) is 0 Å². The molecule has 0 unspecified atom stereocenters. The van der Waals surface area contributed by atoms with Crippen LogP contribution in [0.5, 0.6) is 0 Å². The van der Waals surface area contributed by atoms with Gasteiger partial charge in [-0.25, -0.2) is 15.0 Å². The van der Waals surface area contributed by atoms with E-state index >= 15 is 0 Å². The number of rotatable bonds is 4. The molecule has 0 N–H and O–H groups in total. The minimum Gasteiger partial charge on any atom is -0.290 e. The molecule has 7 heterocycles. The van der Waals surface area contributed by atoms with Crippen LogP contribution in [0, 0.1) is 0 Å². The van der Waals surface area contributed by atoms with Crippen molar-refractivity contribution in [1.82, 2.24) is 34.1 Å². The second-order valence-corrected chi connectivity index (χ2v) is 10.7. The quantitative estimate of drug-likeness (QED) is 0.215. The molecule has 9 aromatic rings. The van der Waals surface area contributed by atoms with Crippen LogP contribution in [0.25, 0.3) is 78.0 Å². The van der Waals surface area contributed by atoms with E-state index in [0.29, 0.717) is 0 Å². The minimum atomic E-state index is 0.796. The molecule has 44 heavy (non-hydrogen) atoms. The van der Waals surface area contributed by atoms with Crippen molar-refractivity contribution in [3.05, 3.63) is 140 Å². The Morgan fingerprint density at radius 3 is 1.27 bits per heavy atom. The van der Waals surface area contributed by atoms with Crippen LogP contribution < -0.4 is 0 Å². The Kier molecular flexibility index (Phi) is 5.36. The summed E-state index contributed by atoms with van der Waals surface area (Å²) in [5.74, 6) is 1.59. The molecule has 7 heteroatoms. The van der Waals surface area contributed by atoms with Gasteiger partial charge in [0.25, 0.3) is 0 Å². The number of hydrogen-bond donors (Lipinski definition) is 0. The standard InChI is InChI=1S/C37H23N7/c1-3-9-24(10-4-1)26-15-17-32(40-22-26)43-28-13-7-19-38-34(28)36-30(43)21-31-37(42-36)35-29(14-8-20-39-35)44(31)33-18-16-27(23-41-33)25-11-5-2-6-12-25/h1-23H. The summed E-state index contributed by atoms with van der Waals surface area (Å²) in [5.41, 5.74) is 11.3. The van der Waals surface area contributed by atoms with E-state index in [4.69, 9.17) is 24.9 Å². The summed E-state index contributed by atoms with van der Waals surface area (Å²) < 4.78 is 4.28. The molecule has 0 amide bonds. The van der Waals surface area contributed by atoms with Gasteiger partial charge in [0.1, 0.15) is 33.7 Å². The Morgan fingerprint density at radius 2 is 0.841 bits per heavy atom. The lowest BCUT2D eigenvalue weighted by Gasteiger charge is -2.10. The normalized spacial score (nSPS) is 11.6. The van der Waals surface area contributed by atoms with E-state index in [0.717, 1.165) is 78.0 Å². The molecule has 0 atom stereocenters. The highest BCUT2D eigenvalue weighted by atomic mass is 15.1. The number of fused-ring (bicyclic) bond motifs is 6. The fourth-order valence-corrected chi connectivity index (χ4v) is 6.09. The van der Waals surface area contributed by atoms with Crippen molar-refractivity contribution >= 4 is 44.1 Å². The maximum Gasteiger partial charge on any atom is 0.137 e. The van der Waals surface area contributed by atoms with Gasteiger partial charge in [-0.05, 0) is 65.7 Å². The Labute approximate surface area is 251 Å². The molecule has 0 radical (unpaired) electrons. The van der Waals surface area contributed by atoms with E-state index in [9.17, 15) is 0 Å². The Bertz CT molecular complexity index is 2290. The van der Waals surface area contributed by atoms with E-state index in [-0.39, 0.29) is 0 Å². The summed E-state index contributed by atoms with van der Waals surface area (Å²) in [5, 5.41) is 0. The van der Waals surface area contributed by atoms with Gasteiger partial charge in [0.2, 0.25) is 0 Å². The lowest BCUT2D eigenvalue weighted by atomic mass is 10.1. The molecular weight excluding hydrogens is 542 g/mol. The number of aromatic nitrogens is 7. The highest BCUT2D eigenvalue weighted by Gasteiger charge is 2.21. The van der Waals surface area contributed by atoms with E-state index < -0.39 is 0 Å². The first kappa shape index (κ1) is 24.4. The van der Waals surface area contributed by atoms with Crippen LogP contribution in [-0.4, -0.2) is 34.1 Å². The third-order valence-electron chi connectivity index (χ3n) is 8.14. The van der Waals surface area contributed by atoms with Gasteiger partial charge in [-0.3, -0.25) is 19.1 Å². The van der Waals surface area contributed by atoms with Crippen LogP contribution in [-0.2, 0) is 0 Å². The van der Waals surface area contributed by atoms with Gasteiger partial charge in [-0.2, -0.15) is 0 Å². The Balaban J connectivity index is 1.29. The molecule has 0 aliphatic rings. The molecule has 0 saturated heterocycles. The van der Waals surface area contributed by atoms with Crippen LogP contribution in [0.4, 0.5) is 0 Å². The molecule has 7 aromatic heterocycles. The van der Waals surface area contributed by atoms with Gasteiger partial charge in [0.15, 0.2) is 0 Å². The predicted molar refractivity (Wildman–Crippen MR) is 175 cm³/mol. The van der Waals surface area contributed by atoms with Crippen molar-refractivity contribution in [2.45, 2.75) is 0 Å². The average molecular weight is 566 g/mol. The number of benzene rings is 2. The van der Waals surface area contributed by atoms with Crippen molar-refractivity contribution in [1.29, 1.82) is 0 Å². The van der Waals surface area contributed by atoms with E-state index in [1.54, 1.807) is 0 Å². The first-order valence-corrected chi connectivity index (χ1v) is 14.4. The fraction of sp³-hybridized carbons (Fsp3) is 0. The molecule has 0 saturated carbocycles. The zero-order chi connectivity index (χ0) is 29.0. The van der Waals surface area contributed by atoms with Gasteiger partial charge in [-0.1, -0.05) is 60.7 Å². The summed E-state index contributed by atoms with van der Waals surface area (Å²) in [6.07, 6.45) is 7.46. The zero-order valence-electron chi connectivity index (χ0n) is 23.4. The number of hydrogen-bond acceptors (Lipinski definition) is 5. The summed E-state index contributed by atoms with van der Waals surface area (Å²) in [6.45, 7) is 0. The molecule has 0 aliphatic heterocycles. The Morgan fingerprint density at radius 1 is 0.364 bits per heavy atom. The first-order chi connectivity index (χ1) is 21.8. The monoisotopic (exact) mass is 565 g/mol. The molecule has 0 bridgehead atoms. The van der Waals surface area contributed by atoms with Crippen molar-refractivity contribution in [3.63, 3.8) is 0 Å². The molecule has 206 valence electrons. The SMILES string of the molecule is c1ccc(-c2ccc(-n3c4cccnc4c4nc5c6ncccc6n(-c6ccc(-c7ccccc7)cn6)c5cc43)nc2)cc1. The largest absolute Gasteiger partial charge is 0.290 e. The van der Waals surface area contributed by atoms with Crippen LogP contribution >= 0.6 is 0 Å². The second-order valence-electron chi connectivity index (χ2n) is 10.7. The van der Waals surface area contributed by atoms with Crippen LogP contribution in [0.2, 0.25) is 0 Å². The molecule has 0 fully saturated rings. The number of nitrogens with zero attached hydrogens (tertiary/aromatic N) is 7.